The maximum Gasteiger partial charge on any atom is 0.338 e. The standard InChI is InChI=1S/C36H35N5O5/c42-35-23-39(17-18-40(35)32-12-7-13-34(38-32)45-24-26-8-3-1-4-9-26)22-33-37-30-15-14-28(20-31(30)41(33)21-29-16-19-44-29)36(43)46-25-27-10-5-2-6-11-27/h1-15,20,29H,16-19,21-25H2/t29-/m0/s1. The number of ether oxygens (including phenoxy) is 3. The molecule has 1 atom stereocenters. The van der Waals surface area contributed by atoms with E-state index in [2.05, 4.69) is 14.5 Å². The van der Waals surface area contributed by atoms with E-state index in [4.69, 9.17) is 19.2 Å². The zero-order valence-corrected chi connectivity index (χ0v) is 25.5. The number of hydrogen-bond donors (Lipinski definition) is 0. The van der Waals surface area contributed by atoms with E-state index in [-0.39, 0.29) is 31.1 Å². The van der Waals surface area contributed by atoms with Gasteiger partial charge in [-0.05, 0) is 41.8 Å². The number of fused-ring (bicyclic) bond motifs is 1. The van der Waals surface area contributed by atoms with Crippen LogP contribution in [0.1, 0.15) is 33.7 Å². The molecule has 4 heterocycles. The highest BCUT2D eigenvalue weighted by Gasteiger charge is 2.29. The molecule has 0 spiro atoms. The van der Waals surface area contributed by atoms with Crippen LogP contribution in [0.15, 0.2) is 97.1 Å². The molecule has 7 rings (SSSR count). The summed E-state index contributed by atoms with van der Waals surface area (Å²) in [6.07, 6.45) is 1.06. The molecule has 2 aliphatic heterocycles. The van der Waals surface area contributed by atoms with Crippen molar-refractivity contribution in [3.8, 4) is 5.88 Å². The van der Waals surface area contributed by atoms with Crippen LogP contribution in [0.3, 0.4) is 0 Å². The molecular formula is C36H35N5O5. The van der Waals surface area contributed by atoms with Crippen LogP contribution in [0.5, 0.6) is 5.88 Å². The van der Waals surface area contributed by atoms with Gasteiger partial charge < -0.3 is 18.8 Å². The van der Waals surface area contributed by atoms with Gasteiger partial charge in [0.05, 0.1) is 42.3 Å². The maximum atomic E-state index is 13.4. The molecule has 2 fully saturated rings. The fourth-order valence-electron chi connectivity index (χ4n) is 5.73. The Balaban J connectivity index is 1.03. The van der Waals surface area contributed by atoms with E-state index in [0.29, 0.717) is 50.0 Å². The first-order valence-corrected chi connectivity index (χ1v) is 15.6. The molecule has 0 N–H and O–H groups in total. The van der Waals surface area contributed by atoms with Crippen molar-refractivity contribution in [2.45, 2.75) is 38.8 Å². The average molecular weight is 618 g/mol. The molecular weight excluding hydrogens is 582 g/mol. The van der Waals surface area contributed by atoms with Crippen molar-refractivity contribution in [1.82, 2.24) is 19.4 Å². The Labute approximate surface area is 267 Å². The summed E-state index contributed by atoms with van der Waals surface area (Å²) in [6.45, 7) is 3.86. The van der Waals surface area contributed by atoms with E-state index < -0.39 is 0 Å². The second-order valence-corrected chi connectivity index (χ2v) is 11.5. The third-order valence-electron chi connectivity index (χ3n) is 8.34. The monoisotopic (exact) mass is 617 g/mol. The molecule has 3 aromatic carbocycles. The summed E-state index contributed by atoms with van der Waals surface area (Å²) in [6, 6.07) is 30.5. The topological polar surface area (TPSA) is 99.0 Å². The largest absolute Gasteiger partial charge is 0.473 e. The van der Waals surface area contributed by atoms with Gasteiger partial charge >= 0.3 is 5.97 Å². The van der Waals surface area contributed by atoms with Gasteiger partial charge in [-0.15, -0.1) is 0 Å². The Kier molecular flexibility index (Phi) is 8.71. The molecule has 2 saturated heterocycles. The molecule has 46 heavy (non-hydrogen) atoms. The molecule has 234 valence electrons. The van der Waals surface area contributed by atoms with Crippen LogP contribution >= 0.6 is 0 Å². The fraction of sp³-hybridized carbons (Fsp3) is 0.278. The van der Waals surface area contributed by atoms with Crippen LogP contribution in [0, 0.1) is 0 Å². The van der Waals surface area contributed by atoms with Crippen LogP contribution in [-0.2, 0) is 40.6 Å². The van der Waals surface area contributed by atoms with Gasteiger partial charge in [0.15, 0.2) is 0 Å². The molecule has 1 amide bonds. The fourth-order valence-corrected chi connectivity index (χ4v) is 5.73. The molecule has 5 aromatic rings. The number of nitrogens with zero attached hydrogens (tertiary/aromatic N) is 5. The minimum Gasteiger partial charge on any atom is -0.473 e. The van der Waals surface area contributed by atoms with Gasteiger partial charge in [-0.2, -0.15) is 4.98 Å². The lowest BCUT2D eigenvalue weighted by molar-refractivity contribution is -0.121. The number of anilines is 1. The number of pyridine rings is 1. The number of benzene rings is 3. The Bertz CT molecular complexity index is 1820. The molecule has 10 heteroatoms. The van der Waals surface area contributed by atoms with Gasteiger partial charge in [0.1, 0.15) is 24.9 Å². The molecule has 2 aromatic heterocycles. The molecule has 0 saturated carbocycles. The van der Waals surface area contributed by atoms with Crippen LogP contribution < -0.4 is 9.64 Å². The van der Waals surface area contributed by atoms with Crippen molar-refractivity contribution in [3.63, 3.8) is 0 Å². The number of carbonyl (C=O) groups excluding carboxylic acids is 2. The summed E-state index contributed by atoms with van der Waals surface area (Å²) in [7, 11) is 0. The SMILES string of the molecule is O=C(OCc1ccccc1)c1ccc2nc(CN3CCN(c4cccc(OCc5ccccc5)n4)C(=O)C3)n(C[C@@H]3CCO3)c2c1. The summed E-state index contributed by atoms with van der Waals surface area (Å²) < 4.78 is 19.4. The number of carbonyl (C=O) groups is 2. The second-order valence-electron chi connectivity index (χ2n) is 11.5. The predicted octanol–water partition coefficient (Wildman–Crippen LogP) is 5.01. The van der Waals surface area contributed by atoms with E-state index >= 15 is 0 Å². The quantitative estimate of drug-likeness (QED) is 0.191. The van der Waals surface area contributed by atoms with Crippen LogP contribution in [0.25, 0.3) is 11.0 Å². The number of esters is 1. The van der Waals surface area contributed by atoms with E-state index in [1.165, 1.54) is 0 Å². The van der Waals surface area contributed by atoms with Crippen molar-refractivity contribution >= 4 is 28.7 Å². The van der Waals surface area contributed by atoms with E-state index in [1.54, 1.807) is 17.0 Å². The summed E-state index contributed by atoms with van der Waals surface area (Å²) in [5, 5.41) is 0. The maximum absolute atomic E-state index is 13.4. The number of hydrogen-bond acceptors (Lipinski definition) is 8. The van der Waals surface area contributed by atoms with Crippen molar-refractivity contribution < 1.29 is 23.8 Å². The summed E-state index contributed by atoms with van der Waals surface area (Å²) in [5.74, 6) is 1.47. The Hall–Kier alpha value is -5.06. The number of rotatable bonds is 11. The first-order valence-electron chi connectivity index (χ1n) is 15.6. The van der Waals surface area contributed by atoms with E-state index in [0.717, 1.165) is 41.0 Å². The van der Waals surface area contributed by atoms with Crippen molar-refractivity contribution in [2.24, 2.45) is 0 Å². The number of imidazole rings is 1. The molecule has 0 bridgehead atoms. The first kappa shape index (κ1) is 29.6. The highest BCUT2D eigenvalue weighted by molar-refractivity contribution is 5.95. The van der Waals surface area contributed by atoms with Gasteiger partial charge in [-0.1, -0.05) is 66.7 Å². The lowest BCUT2D eigenvalue weighted by Gasteiger charge is -2.34. The average Bonchev–Trinajstić information content (AvgIpc) is 3.41. The molecule has 0 aliphatic carbocycles. The highest BCUT2D eigenvalue weighted by atomic mass is 16.5. The zero-order valence-electron chi connectivity index (χ0n) is 25.5. The minimum absolute atomic E-state index is 0.0348. The summed E-state index contributed by atoms with van der Waals surface area (Å²) in [4.78, 5) is 39.7. The van der Waals surface area contributed by atoms with Gasteiger partial charge in [0.25, 0.3) is 0 Å². The smallest absolute Gasteiger partial charge is 0.338 e. The number of amides is 1. The number of piperazine rings is 1. The van der Waals surface area contributed by atoms with Gasteiger partial charge in [-0.25, -0.2) is 9.78 Å². The summed E-state index contributed by atoms with van der Waals surface area (Å²) in [5.41, 5.74) is 4.09. The number of aromatic nitrogens is 3. The summed E-state index contributed by atoms with van der Waals surface area (Å²) >= 11 is 0. The van der Waals surface area contributed by atoms with E-state index in [1.807, 2.05) is 84.9 Å². The van der Waals surface area contributed by atoms with Crippen molar-refractivity contribution in [3.05, 3.63) is 120 Å². The Morgan fingerprint density at radius 2 is 1.63 bits per heavy atom. The Morgan fingerprint density at radius 3 is 2.35 bits per heavy atom. The third kappa shape index (κ3) is 6.78. The predicted molar refractivity (Wildman–Crippen MR) is 172 cm³/mol. The normalized spacial score (nSPS) is 16.7. The van der Waals surface area contributed by atoms with Crippen LogP contribution in [0.2, 0.25) is 0 Å². The van der Waals surface area contributed by atoms with Crippen LogP contribution in [-0.4, -0.2) is 63.7 Å². The first-order chi connectivity index (χ1) is 22.6. The van der Waals surface area contributed by atoms with Gasteiger partial charge in [0.2, 0.25) is 11.8 Å². The highest BCUT2D eigenvalue weighted by Crippen LogP contribution is 2.25. The lowest BCUT2D eigenvalue weighted by atomic mass is 10.1. The van der Waals surface area contributed by atoms with Gasteiger partial charge in [-0.3, -0.25) is 14.6 Å². The molecule has 2 aliphatic rings. The van der Waals surface area contributed by atoms with Gasteiger partial charge in [0, 0.05) is 25.8 Å². The van der Waals surface area contributed by atoms with Crippen molar-refractivity contribution in [2.75, 3.05) is 31.1 Å². The third-order valence-corrected chi connectivity index (χ3v) is 8.34. The van der Waals surface area contributed by atoms with Crippen LogP contribution in [0.4, 0.5) is 5.82 Å². The van der Waals surface area contributed by atoms with Crippen molar-refractivity contribution in [1.29, 1.82) is 0 Å². The minimum atomic E-state index is -0.384. The zero-order chi connectivity index (χ0) is 31.3. The molecule has 10 nitrogen and oxygen atoms in total. The lowest BCUT2D eigenvalue weighted by Crippen LogP contribution is -2.50. The Morgan fingerprint density at radius 1 is 0.870 bits per heavy atom. The molecule has 0 unspecified atom stereocenters. The van der Waals surface area contributed by atoms with E-state index in [9.17, 15) is 9.59 Å². The molecule has 0 radical (unpaired) electrons. The second kappa shape index (κ2) is 13.5.